The zero-order valence-corrected chi connectivity index (χ0v) is 20.5. The van der Waals surface area contributed by atoms with E-state index in [0.717, 1.165) is 28.4 Å². The van der Waals surface area contributed by atoms with Crippen LogP contribution in [0.3, 0.4) is 0 Å². The van der Waals surface area contributed by atoms with E-state index >= 15 is 0 Å². The van der Waals surface area contributed by atoms with Gasteiger partial charge in [-0.1, -0.05) is 42.5 Å². The summed E-state index contributed by atoms with van der Waals surface area (Å²) >= 11 is 0. The summed E-state index contributed by atoms with van der Waals surface area (Å²) < 4.78 is 0. The van der Waals surface area contributed by atoms with E-state index < -0.39 is 28.9 Å². The number of carbonyl (C=O) groups excluding carboxylic acids is 3. The van der Waals surface area contributed by atoms with Gasteiger partial charge in [0.1, 0.15) is 21.6 Å². The lowest BCUT2D eigenvalue weighted by Gasteiger charge is -2.29. The number of primary amides is 2. The molecule has 2 aromatic carbocycles. The van der Waals surface area contributed by atoms with Crippen LogP contribution in [0.25, 0.3) is 10.9 Å². The molecule has 3 rings (SSSR count). The van der Waals surface area contributed by atoms with Crippen LogP contribution in [0.5, 0.6) is 0 Å². The van der Waals surface area contributed by atoms with E-state index in [4.69, 9.17) is 17.3 Å². The molecular formula is C24H30N9O5+. The number of fused-ring (bicyclic) bond motifs is 1. The van der Waals surface area contributed by atoms with Gasteiger partial charge in [-0.2, -0.15) is 0 Å². The van der Waals surface area contributed by atoms with Gasteiger partial charge in [-0.15, -0.1) is 5.84 Å². The third kappa shape index (κ3) is 7.43. The molecule has 0 aliphatic rings. The Morgan fingerprint density at radius 3 is 2.39 bits per heavy atom. The maximum atomic E-state index is 13.7. The maximum absolute atomic E-state index is 13.7. The number of amides is 4. The first-order chi connectivity index (χ1) is 18.2. The van der Waals surface area contributed by atoms with Crippen molar-refractivity contribution in [1.82, 2.24) is 20.5 Å². The molecule has 1 aromatic heterocycles. The van der Waals surface area contributed by atoms with Gasteiger partial charge in [-0.3, -0.25) is 14.9 Å². The fourth-order valence-electron chi connectivity index (χ4n) is 3.87. The summed E-state index contributed by atoms with van der Waals surface area (Å²) in [5.41, 5.74) is 13.5. The number of para-hydroxylation sites is 1. The van der Waals surface area contributed by atoms with Crippen molar-refractivity contribution >= 4 is 35.1 Å². The van der Waals surface area contributed by atoms with Gasteiger partial charge in [0.2, 0.25) is 5.91 Å². The van der Waals surface area contributed by atoms with Gasteiger partial charge in [-0.05, 0) is 36.1 Å². The predicted molar refractivity (Wildman–Crippen MR) is 139 cm³/mol. The normalized spacial score (nSPS) is 12.1. The highest BCUT2D eigenvalue weighted by Crippen LogP contribution is 2.20. The van der Waals surface area contributed by atoms with E-state index in [1.807, 2.05) is 24.3 Å². The van der Waals surface area contributed by atoms with Gasteiger partial charge < -0.3 is 36.8 Å². The summed E-state index contributed by atoms with van der Waals surface area (Å²) in [6.07, 6.45) is 1.55. The molecule has 0 bridgehead atoms. The van der Waals surface area contributed by atoms with Crippen molar-refractivity contribution in [3.05, 3.63) is 81.5 Å². The van der Waals surface area contributed by atoms with E-state index in [2.05, 4.69) is 15.6 Å². The first-order valence-corrected chi connectivity index (χ1v) is 11.7. The minimum absolute atomic E-state index is 0.0861. The van der Waals surface area contributed by atoms with Crippen LogP contribution in [-0.2, 0) is 17.9 Å². The highest BCUT2D eigenvalue weighted by molar-refractivity contribution is 6.00. The molecule has 0 spiro atoms. The van der Waals surface area contributed by atoms with Gasteiger partial charge in [0.25, 0.3) is 5.91 Å². The summed E-state index contributed by atoms with van der Waals surface area (Å²) in [4.78, 5) is 52.5. The summed E-state index contributed by atoms with van der Waals surface area (Å²) in [6, 6.07) is 14.6. The molecule has 38 heavy (non-hydrogen) atoms. The number of nitrogens with two attached hydrogens (primary N) is 3. The highest BCUT2D eigenvalue weighted by atomic mass is 16.7. The molecule has 0 saturated carbocycles. The van der Waals surface area contributed by atoms with E-state index in [0.29, 0.717) is 12.1 Å². The number of nitro groups is 1. The van der Waals surface area contributed by atoms with Crippen molar-refractivity contribution in [1.29, 1.82) is 0 Å². The van der Waals surface area contributed by atoms with Gasteiger partial charge in [0, 0.05) is 24.0 Å². The minimum Gasteiger partial charge on any atom is -0.368 e. The monoisotopic (exact) mass is 524 g/mol. The van der Waals surface area contributed by atoms with Crippen molar-refractivity contribution in [2.75, 3.05) is 6.54 Å². The SMILES string of the molecule is NC(=O)NCc1ccc(CN(C(=O)c2cc3ccccc3[nH]2)[C@H](CCCNC=[N+](N)[N+](=O)[O-])C(N)=O)cc1. The average Bonchev–Trinajstić information content (AvgIpc) is 3.33. The summed E-state index contributed by atoms with van der Waals surface area (Å²) in [5, 5.41) is 15.8. The molecule has 14 nitrogen and oxygen atoms in total. The number of hydrazone groups is 2. The Hall–Kier alpha value is -5.14. The third-order valence-electron chi connectivity index (χ3n) is 5.78. The molecule has 0 fully saturated rings. The molecule has 14 heteroatoms. The first-order valence-electron chi connectivity index (χ1n) is 11.7. The molecule has 1 atom stereocenters. The molecule has 0 radical (unpaired) electrons. The minimum atomic E-state index is -0.962. The van der Waals surface area contributed by atoms with Crippen molar-refractivity contribution < 1.29 is 24.2 Å². The largest absolute Gasteiger partial charge is 0.368 e. The Kier molecular flexibility index (Phi) is 9.18. The zero-order chi connectivity index (χ0) is 27.7. The molecule has 0 unspecified atom stereocenters. The van der Waals surface area contributed by atoms with Crippen LogP contribution in [0, 0.1) is 10.1 Å². The second kappa shape index (κ2) is 12.7. The third-order valence-corrected chi connectivity index (χ3v) is 5.78. The maximum Gasteiger partial charge on any atom is 0.327 e. The smallest absolute Gasteiger partial charge is 0.327 e. The molecule has 0 saturated heterocycles. The van der Waals surface area contributed by atoms with Crippen LogP contribution < -0.4 is 27.9 Å². The molecule has 3 aromatic rings. The van der Waals surface area contributed by atoms with E-state index in [9.17, 15) is 24.5 Å². The zero-order valence-electron chi connectivity index (χ0n) is 20.5. The number of rotatable bonds is 13. The molecule has 1 heterocycles. The fourth-order valence-corrected chi connectivity index (χ4v) is 3.87. The number of urea groups is 1. The average molecular weight is 525 g/mol. The van der Waals surface area contributed by atoms with Crippen LogP contribution in [0.2, 0.25) is 0 Å². The number of hydrogen-bond donors (Lipinski definition) is 6. The van der Waals surface area contributed by atoms with Crippen LogP contribution in [0.15, 0.2) is 54.6 Å². The summed E-state index contributed by atoms with van der Waals surface area (Å²) in [5.74, 6) is 4.08. The number of hydrazine groups is 2. The first kappa shape index (κ1) is 27.4. The number of aromatic amines is 1. The lowest BCUT2D eigenvalue weighted by molar-refractivity contribution is -1.10. The number of hydrogen-bond acceptors (Lipinski definition) is 6. The van der Waals surface area contributed by atoms with Crippen LogP contribution in [0.4, 0.5) is 4.79 Å². The van der Waals surface area contributed by atoms with Crippen LogP contribution in [0.1, 0.15) is 34.5 Å². The van der Waals surface area contributed by atoms with Crippen molar-refractivity contribution in [3.8, 4) is 0 Å². The Labute approximate surface area is 217 Å². The van der Waals surface area contributed by atoms with Crippen molar-refractivity contribution in [2.45, 2.75) is 32.0 Å². The van der Waals surface area contributed by atoms with Crippen LogP contribution >= 0.6 is 0 Å². The van der Waals surface area contributed by atoms with E-state index in [1.54, 1.807) is 30.3 Å². The van der Waals surface area contributed by atoms with Gasteiger partial charge in [0.05, 0.1) is 6.54 Å². The topological polar surface area (TPSA) is 219 Å². The Morgan fingerprint density at radius 2 is 1.76 bits per heavy atom. The van der Waals surface area contributed by atoms with Crippen molar-refractivity contribution in [2.24, 2.45) is 17.3 Å². The predicted octanol–water partition coefficient (Wildman–Crippen LogP) is 0.309. The molecule has 200 valence electrons. The van der Waals surface area contributed by atoms with Gasteiger partial charge in [-0.25, -0.2) is 4.79 Å². The molecule has 0 aliphatic carbocycles. The highest BCUT2D eigenvalue weighted by Gasteiger charge is 2.30. The number of nitrogens with one attached hydrogen (secondary N) is 3. The number of benzene rings is 2. The molecule has 4 amide bonds. The lowest BCUT2D eigenvalue weighted by Crippen LogP contribution is -2.48. The Balaban J connectivity index is 1.82. The van der Waals surface area contributed by atoms with Crippen molar-refractivity contribution in [3.63, 3.8) is 0 Å². The van der Waals surface area contributed by atoms with Gasteiger partial charge >= 0.3 is 12.4 Å². The fraction of sp³-hybridized carbons (Fsp3) is 0.250. The second-order valence-corrected chi connectivity index (χ2v) is 8.50. The summed E-state index contributed by atoms with van der Waals surface area (Å²) in [6.45, 7) is 0.585. The Morgan fingerprint density at radius 1 is 1.08 bits per heavy atom. The molecule has 0 aliphatic heterocycles. The standard InChI is InChI=1S/C24H29N9O5/c25-22(34)21(6-3-11-28-15-32(27)33(37)38)31(14-17-9-7-16(8-10-17)13-29-24(26)36)23(35)20-12-18-4-1-2-5-19(18)30-20/h1-2,4-5,7-10,12,15,21H,3,6,11,13-14,27H2,(H6,25,26,29,30,34,35,36)/p+1/t21-/m1/s1. The van der Waals surface area contributed by atoms with Crippen LogP contribution in [-0.4, -0.2) is 56.5 Å². The second-order valence-electron chi connectivity index (χ2n) is 8.50. The van der Waals surface area contributed by atoms with Gasteiger partial charge in [0.15, 0.2) is 0 Å². The summed E-state index contributed by atoms with van der Waals surface area (Å²) in [7, 11) is 0. The number of aromatic nitrogens is 1. The lowest BCUT2D eigenvalue weighted by atomic mass is 10.1. The molecule has 9 N–H and O–H groups in total. The van der Waals surface area contributed by atoms with E-state index in [-0.39, 0.29) is 30.8 Å². The number of H-pyrrole nitrogens is 1. The molecular weight excluding hydrogens is 494 g/mol. The quantitative estimate of drug-likeness (QED) is 0.0349. The Bertz CT molecular complexity index is 1300. The van der Waals surface area contributed by atoms with E-state index in [1.165, 1.54) is 4.90 Å². The number of carbonyl (C=O) groups is 3. The number of nitrogens with zero attached hydrogens (tertiary/aromatic N) is 3.